The molecule has 0 N–H and O–H groups in total. The van der Waals surface area contributed by atoms with Gasteiger partial charge in [-0.05, 0) is 28.1 Å². The van der Waals surface area contributed by atoms with Gasteiger partial charge in [-0.15, -0.1) is 11.3 Å². The van der Waals surface area contributed by atoms with E-state index in [9.17, 15) is 0 Å². The molecule has 0 spiro atoms. The summed E-state index contributed by atoms with van der Waals surface area (Å²) in [6.07, 6.45) is 0. The van der Waals surface area contributed by atoms with Crippen LogP contribution >= 0.6 is 27.3 Å². The van der Waals surface area contributed by atoms with E-state index in [1.54, 1.807) is 20.3 Å². The second-order valence-electron chi connectivity index (χ2n) is 3.32. The minimum Gasteiger partial charge on any atom is -0.497 e. The van der Waals surface area contributed by atoms with Crippen LogP contribution in [-0.4, -0.2) is 19.2 Å². The quantitative estimate of drug-likeness (QED) is 0.867. The molecule has 0 aliphatic heterocycles. The van der Waals surface area contributed by atoms with Gasteiger partial charge < -0.3 is 9.47 Å². The van der Waals surface area contributed by atoms with Gasteiger partial charge in [-0.3, -0.25) is 0 Å². The maximum absolute atomic E-state index is 8.90. The van der Waals surface area contributed by atoms with E-state index in [0.717, 1.165) is 14.4 Å². The molecular weight excluding hydrogens is 316 g/mol. The summed E-state index contributed by atoms with van der Waals surface area (Å²) in [4.78, 5) is 4.25. The zero-order valence-electron chi connectivity index (χ0n) is 9.73. The number of ether oxygens (including phenoxy) is 2. The number of aromatic nitrogens is 1. The van der Waals surface area contributed by atoms with Gasteiger partial charge >= 0.3 is 0 Å². The molecule has 1 aromatic carbocycles. The van der Waals surface area contributed by atoms with Gasteiger partial charge in [0.2, 0.25) is 0 Å². The Hall–Kier alpha value is -1.58. The molecule has 0 atom stereocenters. The van der Waals surface area contributed by atoms with Crippen molar-refractivity contribution in [3.05, 3.63) is 27.7 Å². The van der Waals surface area contributed by atoms with E-state index in [4.69, 9.17) is 14.7 Å². The molecular formula is C12H9BrN2O2S. The summed E-state index contributed by atoms with van der Waals surface area (Å²) in [5.74, 6) is 1.38. The molecule has 1 aromatic heterocycles. The molecule has 0 fully saturated rings. The molecule has 1 heterocycles. The highest BCUT2D eigenvalue weighted by Gasteiger charge is 2.14. The predicted octanol–water partition coefficient (Wildman–Crippen LogP) is 3.46. The van der Waals surface area contributed by atoms with Gasteiger partial charge in [0, 0.05) is 6.07 Å². The molecule has 18 heavy (non-hydrogen) atoms. The predicted molar refractivity (Wildman–Crippen MR) is 73.1 cm³/mol. The topological polar surface area (TPSA) is 55.1 Å². The maximum atomic E-state index is 8.90. The van der Waals surface area contributed by atoms with Gasteiger partial charge in [-0.2, -0.15) is 5.26 Å². The highest BCUT2D eigenvalue weighted by molar-refractivity contribution is 9.11. The van der Waals surface area contributed by atoms with E-state index in [2.05, 4.69) is 20.9 Å². The van der Waals surface area contributed by atoms with Gasteiger partial charge in [0.15, 0.2) is 5.69 Å². The summed E-state index contributed by atoms with van der Waals surface area (Å²) < 4.78 is 11.2. The molecule has 6 heteroatoms. The Balaban J connectivity index is 2.53. The van der Waals surface area contributed by atoms with Crippen molar-refractivity contribution in [1.29, 1.82) is 5.26 Å². The van der Waals surface area contributed by atoms with Crippen LogP contribution < -0.4 is 9.47 Å². The van der Waals surface area contributed by atoms with Crippen LogP contribution in [0.25, 0.3) is 10.6 Å². The first-order chi connectivity index (χ1) is 8.69. The number of hydrogen-bond acceptors (Lipinski definition) is 5. The molecule has 0 aliphatic carbocycles. The summed E-state index contributed by atoms with van der Waals surface area (Å²) in [6, 6.07) is 7.52. The van der Waals surface area contributed by atoms with Crippen molar-refractivity contribution in [3.63, 3.8) is 0 Å². The summed E-state index contributed by atoms with van der Waals surface area (Å²) >= 11 is 4.71. The molecule has 0 bridgehead atoms. The van der Waals surface area contributed by atoms with Gasteiger partial charge in [-0.1, -0.05) is 0 Å². The van der Waals surface area contributed by atoms with Crippen molar-refractivity contribution < 1.29 is 9.47 Å². The zero-order valence-corrected chi connectivity index (χ0v) is 12.1. The number of rotatable bonds is 3. The standard InChI is InChI=1S/C12H9BrN2O2S/c1-16-7-3-4-8(10(5-7)17-2)12-15-9(6-14)11(13)18-12/h3-5H,1-2H3. The zero-order chi connectivity index (χ0) is 13.1. The van der Waals surface area contributed by atoms with Crippen LogP contribution in [0.1, 0.15) is 5.69 Å². The smallest absolute Gasteiger partial charge is 0.166 e. The maximum Gasteiger partial charge on any atom is 0.166 e. The average Bonchev–Trinajstić information content (AvgIpc) is 2.79. The van der Waals surface area contributed by atoms with Crippen LogP contribution in [0.3, 0.4) is 0 Å². The lowest BCUT2D eigenvalue weighted by molar-refractivity contribution is 0.395. The Morgan fingerprint density at radius 1 is 1.33 bits per heavy atom. The molecule has 92 valence electrons. The van der Waals surface area contributed by atoms with Crippen LogP contribution in [0.2, 0.25) is 0 Å². The summed E-state index contributed by atoms with van der Waals surface area (Å²) in [7, 11) is 3.19. The van der Waals surface area contributed by atoms with Crippen molar-refractivity contribution >= 4 is 27.3 Å². The lowest BCUT2D eigenvalue weighted by Gasteiger charge is -2.07. The Labute approximate surface area is 117 Å². The molecule has 2 aromatic rings. The SMILES string of the molecule is COc1ccc(-c2nc(C#N)c(Br)s2)c(OC)c1. The second-order valence-corrected chi connectivity index (χ2v) is 5.64. The number of halogens is 1. The molecule has 0 radical (unpaired) electrons. The minimum atomic E-state index is 0.382. The van der Waals surface area contributed by atoms with Crippen LogP contribution in [0.5, 0.6) is 11.5 Å². The first-order valence-corrected chi connectivity index (χ1v) is 6.59. The lowest BCUT2D eigenvalue weighted by atomic mass is 10.2. The third kappa shape index (κ3) is 2.33. The molecule has 0 amide bonds. The van der Waals surface area contributed by atoms with Gasteiger partial charge in [0.1, 0.15) is 26.4 Å². The highest BCUT2D eigenvalue weighted by atomic mass is 79.9. The minimum absolute atomic E-state index is 0.382. The Kier molecular flexibility index (Phi) is 3.84. The van der Waals surface area contributed by atoms with E-state index < -0.39 is 0 Å². The Morgan fingerprint density at radius 3 is 2.67 bits per heavy atom. The number of nitriles is 1. The second kappa shape index (κ2) is 5.38. The van der Waals surface area contributed by atoms with Gasteiger partial charge in [0.05, 0.1) is 19.8 Å². The van der Waals surface area contributed by atoms with Crippen molar-refractivity contribution in [2.24, 2.45) is 0 Å². The van der Waals surface area contributed by atoms with Crippen molar-refractivity contribution in [2.45, 2.75) is 0 Å². The van der Waals surface area contributed by atoms with Crippen LogP contribution in [0.15, 0.2) is 22.0 Å². The fraction of sp³-hybridized carbons (Fsp3) is 0.167. The van der Waals surface area contributed by atoms with Crippen LogP contribution in [-0.2, 0) is 0 Å². The first kappa shape index (κ1) is 12.9. The van der Waals surface area contributed by atoms with E-state index in [1.165, 1.54) is 11.3 Å². The fourth-order valence-corrected chi connectivity index (χ4v) is 2.87. The number of thiazole rings is 1. The van der Waals surface area contributed by atoms with E-state index in [1.807, 2.05) is 18.2 Å². The summed E-state index contributed by atoms with van der Waals surface area (Å²) in [6.45, 7) is 0. The molecule has 0 unspecified atom stereocenters. The largest absolute Gasteiger partial charge is 0.497 e. The van der Waals surface area contributed by atoms with E-state index in [0.29, 0.717) is 17.2 Å². The van der Waals surface area contributed by atoms with E-state index in [-0.39, 0.29) is 0 Å². The summed E-state index contributed by atoms with van der Waals surface area (Å²) in [5.41, 5.74) is 1.22. The van der Waals surface area contributed by atoms with Crippen LogP contribution in [0.4, 0.5) is 0 Å². The third-order valence-electron chi connectivity index (χ3n) is 2.33. The first-order valence-electron chi connectivity index (χ1n) is 4.98. The number of nitrogens with zero attached hydrogens (tertiary/aromatic N) is 2. The van der Waals surface area contributed by atoms with Crippen molar-refractivity contribution in [2.75, 3.05) is 14.2 Å². The normalized spacial score (nSPS) is 9.89. The third-order valence-corrected chi connectivity index (χ3v) is 4.07. The average molecular weight is 325 g/mol. The number of benzene rings is 1. The van der Waals surface area contributed by atoms with Crippen LogP contribution in [0, 0.1) is 11.3 Å². The number of methoxy groups -OCH3 is 2. The van der Waals surface area contributed by atoms with Crippen molar-refractivity contribution in [1.82, 2.24) is 4.98 Å². The van der Waals surface area contributed by atoms with E-state index >= 15 is 0 Å². The molecule has 2 rings (SSSR count). The molecule has 0 aliphatic rings. The Morgan fingerprint density at radius 2 is 2.11 bits per heavy atom. The fourth-order valence-electron chi connectivity index (χ4n) is 1.46. The molecule has 0 saturated carbocycles. The molecule has 4 nitrogen and oxygen atoms in total. The number of hydrogen-bond donors (Lipinski definition) is 0. The highest BCUT2D eigenvalue weighted by Crippen LogP contribution is 2.38. The van der Waals surface area contributed by atoms with Gasteiger partial charge in [-0.25, -0.2) is 4.98 Å². The monoisotopic (exact) mass is 324 g/mol. The Bertz CT molecular complexity index is 619. The van der Waals surface area contributed by atoms with Crippen molar-refractivity contribution in [3.8, 4) is 28.1 Å². The lowest BCUT2D eigenvalue weighted by Crippen LogP contribution is -1.90. The molecule has 0 saturated heterocycles. The van der Waals surface area contributed by atoms with Gasteiger partial charge in [0.25, 0.3) is 0 Å². The summed E-state index contributed by atoms with van der Waals surface area (Å²) in [5, 5.41) is 9.63.